The lowest BCUT2D eigenvalue weighted by Gasteiger charge is -2.22. The zero-order valence-corrected chi connectivity index (χ0v) is 9.44. The summed E-state index contributed by atoms with van der Waals surface area (Å²) in [6.07, 6.45) is 5.72. The summed E-state index contributed by atoms with van der Waals surface area (Å²) in [6.45, 7) is 0. The lowest BCUT2D eigenvalue weighted by atomic mass is 9.95. The van der Waals surface area contributed by atoms with Gasteiger partial charge in [0.2, 0.25) is 0 Å². The van der Waals surface area contributed by atoms with E-state index in [1.165, 1.54) is 23.9 Å². The highest BCUT2D eigenvalue weighted by atomic mass is 16.2. The molecule has 2 rings (SSSR count). The van der Waals surface area contributed by atoms with Crippen LogP contribution in [-0.2, 0) is 7.05 Å². The maximum absolute atomic E-state index is 11.8. The van der Waals surface area contributed by atoms with Gasteiger partial charge in [-0.2, -0.15) is 0 Å². The molecule has 1 aliphatic carbocycles. The molecule has 6 heteroatoms. The minimum absolute atomic E-state index is 0.211. The Morgan fingerprint density at radius 1 is 1.44 bits per heavy atom. The molecule has 0 aliphatic heterocycles. The van der Waals surface area contributed by atoms with E-state index in [4.69, 9.17) is 5.73 Å². The molecule has 0 radical (unpaired) electrons. The number of nitrogens with zero attached hydrogens (tertiary/aromatic N) is 3. The zero-order valence-electron chi connectivity index (χ0n) is 9.44. The number of anilines is 1. The van der Waals surface area contributed by atoms with Gasteiger partial charge in [0.15, 0.2) is 11.5 Å². The van der Waals surface area contributed by atoms with Gasteiger partial charge in [-0.05, 0) is 12.8 Å². The topological polar surface area (TPSA) is 85.8 Å². The highest BCUT2D eigenvalue weighted by Gasteiger charge is 2.20. The lowest BCUT2D eigenvalue weighted by Crippen LogP contribution is -2.36. The number of aryl methyl sites for hydroxylation is 1. The van der Waals surface area contributed by atoms with Crippen LogP contribution in [0, 0.1) is 0 Å². The van der Waals surface area contributed by atoms with Crippen molar-refractivity contribution in [1.82, 2.24) is 20.3 Å². The third-order valence-corrected chi connectivity index (χ3v) is 3.03. The van der Waals surface area contributed by atoms with Crippen LogP contribution in [0.2, 0.25) is 0 Å². The second-order valence-corrected chi connectivity index (χ2v) is 4.26. The molecule has 1 saturated carbocycles. The second-order valence-electron chi connectivity index (χ2n) is 4.26. The number of hydrogen-bond acceptors (Lipinski definition) is 4. The third kappa shape index (κ3) is 2.15. The molecule has 1 aliphatic rings. The van der Waals surface area contributed by atoms with Gasteiger partial charge < -0.3 is 11.1 Å². The van der Waals surface area contributed by atoms with E-state index in [-0.39, 0.29) is 17.6 Å². The van der Waals surface area contributed by atoms with Crippen molar-refractivity contribution in [2.45, 2.75) is 38.1 Å². The average Bonchev–Trinajstić information content (AvgIpc) is 2.61. The zero-order chi connectivity index (χ0) is 11.5. The van der Waals surface area contributed by atoms with Gasteiger partial charge in [0.05, 0.1) is 0 Å². The maximum atomic E-state index is 11.8. The molecule has 0 saturated heterocycles. The largest absolute Gasteiger partial charge is 0.382 e. The van der Waals surface area contributed by atoms with E-state index >= 15 is 0 Å². The molecule has 88 valence electrons. The van der Waals surface area contributed by atoms with Crippen LogP contribution in [0.25, 0.3) is 0 Å². The molecule has 0 spiro atoms. The van der Waals surface area contributed by atoms with Gasteiger partial charge in [-0.1, -0.05) is 24.5 Å². The van der Waals surface area contributed by atoms with Crippen molar-refractivity contribution in [1.29, 1.82) is 0 Å². The number of hydrogen-bond donors (Lipinski definition) is 2. The lowest BCUT2D eigenvalue weighted by molar-refractivity contribution is 0.0923. The van der Waals surface area contributed by atoms with Crippen LogP contribution in [0.1, 0.15) is 42.6 Å². The van der Waals surface area contributed by atoms with Crippen molar-refractivity contribution < 1.29 is 4.79 Å². The first-order valence-corrected chi connectivity index (χ1v) is 5.64. The molecule has 1 fully saturated rings. The number of nitrogen functional groups attached to an aromatic ring is 1. The van der Waals surface area contributed by atoms with Crippen molar-refractivity contribution in [2.24, 2.45) is 7.05 Å². The fourth-order valence-corrected chi connectivity index (χ4v) is 2.03. The minimum Gasteiger partial charge on any atom is -0.382 e. The van der Waals surface area contributed by atoms with E-state index in [2.05, 4.69) is 15.6 Å². The average molecular weight is 223 g/mol. The Balaban J connectivity index is 1.99. The van der Waals surface area contributed by atoms with Crippen LogP contribution < -0.4 is 11.1 Å². The molecule has 0 atom stereocenters. The standard InChI is InChI=1S/C10H17N5O/c1-15-9(11)8(13-14-15)10(16)12-7-5-3-2-4-6-7/h7H,2-6,11H2,1H3,(H,12,16). The number of carbonyl (C=O) groups excluding carboxylic acids is 1. The van der Waals surface area contributed by atoms with Crippen molar-refractivity contribution >= 4 is 11.7 Å². The highest BCUT2D eigenvalue weighted by molar-refractivity contribution is 5.96. The summed E-state index contributed by atoms with van der Waals surface area (Å²) in [5, 5.41) is 10.4. The molecule has 6 nitrogen and oxygen atoms in total. The van der Waals surface area contributed by atoms with E-state index in [9.17, 15) is 4.79 Å². The number of amides is 1. The molecule has 3 N–H and O–H groups in total. The smallest absolute Gasteiger partial charge is 0.275 e. The fourth-order valence-electron chi connectivity index (χ4n) is 2.03. The first-order valence-electron chi connectivity index (χ1n) is 5.64. The van der Waals surface area contributed by atoms with E-state index in [0.29, 0.717) is 5.82 Å². The van der Waals surface area contributed by atoms with E-state index in [1.807, 2.05) is 0 Å². The molecule has 0 unspecified atom stereocenters. The Morgan fingerprint density at radius 3 is 2.69 bits per heavy atom. The number of aromatic nitrogens is 3. The molecule has 1 amide bonds. The van der Waals surface area contributed by atoms with Crippen LogP contribution in [-0.4, -0.2) is 26.9 Å². The molecule has 1 aromatic rings. The molecule has 1 heterocycles. The summed E-state index contributed by atoms with van der Waals surface area (Å²) in [5.41, 5.74) is 5.92. The summed E-state index contributed by atoms with van der Waals surface area (Å²) < 4.78 is 1.40. The van der Waals surface area contributed by atoms with Crippen LogP contribution in [0.5, 0.6) is 0 Å². The summed E-state index contributed by atoms with van der Waals surface area (Å²) in [6, 6.07) is 0.266. The van der Waals surface area contributed by atoms with Crippen LogP contribution in [0.3, 0.4) is 0 Å². The van der Waals surface area contributed by atoms with Crippen molar-refractivity contribution in [2.75, 3.05) is 5.73 Å². The second kappa shape index (κ2) is 4.51. The number of carbonyl (C=O) groups is 1. The highest BCUT2D eigenvalue weighted by Crippen LogP contribution is 2.18. The van der Waals surface area contributed by atoms with Gasteiger partial charge in [0.25, 0.3) is 5.91 Å². The van der Waals surface area contributed by atoms with E-state index in [0.717, 1.165) is 12.8 Å². The Morgan fingerprint density at radius 2 is 2.12 bits per heavy atom. The molecule has 0 bridgehead atoms. The van der Waals surface area contributed by atoms with E-state index in [1.54, 1.807) is 7.05 Å². The fraction of sp³-hybridized carbons (Fsp3) is 0.700. The Hall–Kier alpha value is -1.59. The predicted octanol–water partition coefficient (Wildman–Crippen LogP) is 0.460. The van der Waals surface area contributed by atoms with Crippen LogP contribution >= 0.6 is 0 Å². The third-order valence-electron chi connectivity index (χ3n) is 3.03. The molecule has 1 aromatic heterocycles. The molecular formula is C10H17N5O. The summed E-state index contributed by atoms with van der Waals surface area (Å²) in [4.78, 5) is 11.8. The number of nitrogens with two attached hydrogens (primary N) is 1. The molecular weight excluding hydrogens is 206 g/mol. The Bertz CT molecular complexity index is 381. The van der Waals surface area contributed by atoms with Crippen LogP contribution in [0.15, 0.2) is 0 Å². The molecule has 16 heavy (non-hydrogen) atoms. The quantitative estimate of drug-likeness (QED) is 0.762. The van der Waals surface area contributed by atoms with Gasteiger partial charge in [0.1, 0.15) is 0 Å². The van der Waals surface area contributed by atoms with Gasteiger partial charge in [-0.15, -0.1) is 5.10 Å². The maximum Gasteiger partial charge on any atom is 0.275 e. The summed E-state index contributed by atoms with van der Waals surface area (Å²) in [5.74, 6) is 0.103. The van der Waals surface area contributed by atoms with Gasteiger partial charge in [-0.25, -0.2) is 4.68 Å². The summed E-state index contributed by atoms with van der Waals surface area (Å²) in [7, 11) is 1.67. The van der Waals surface area contributed by atoms with Crippen molar-refractivity contribution in [3.63, 3.8) is 0 Å². The molecule has 0 aromatic carbocycles. The number of nitrogens with one attached hydrogen (secondary N) is 1. The normalized spacial score (nSPS) is 17.3. The van der Waals surface area contributed by atoms with E-state index < -0.39 is 0 Å². The first kappa shape index (κ1) is 10.9. The monoisotopic (exact) mass is 223 g/mol. The Labute approximate surface area is 94.2 Å². The van der Waals surface area contributed by atoms with Gasteiger partial charge in [0, 0.05) is 13.1 Å². The first-order chi connectivity index (χ1) is 7.68. The van der Waals surface area contributed by atoms with Crippen molar-refractivity contribution in [3.05, 3.63) is 5.69 Å². The predicted molar refractivity (Wildman–Crippen MR) is 59.8 cm³/mol. The minimum atomic E-state index is -0.211. The SMILES string of the molecule is Cn1nnc(C(=O)NC2CCCCC2)c1N. The number of rotatable bonds is 2. The van der Waals surface area contributed by atoms with Crippen LogP contribution in [0.4, 0.5) is 5.82 Å². The van der Waals surface area contributed by atoms with Gasteiger partial charge in [-0.3, -0.25) is 4.79 Å². The Kier molecular flexibility index (Phi) is 3.07. The van der Waals surface area contributed by atoms with Gasteiger partial charge >= 0.3 is 0 Å². The van der Waals surface area contributed by atoms with Crippen molar-refractivity contribution in [3.8, 4) is 0 Å². The summed E-state index contributed by atoms with van der Waals surface area (Å²) >= 11 is 0.